The molecule has 0 aromatic rings. The van der Waals surface area contributed by atoms with E-state index >= 15 is 0 Å². The molecule has 4 nitrogen and oxygen atoms in total. The van der Waals surface area contributed by atoms with E-state index in [2.05, 4.69) is 6.92 Å². The van der Waals surface area contributed by atoms with E-state index in [1.807, 2.05) is 20.8 Å². The molecule has 4 heteroatoms. The summed E-state index contributed by atoms with van der Waals surface area (Å²) < 4.78 is 9.76. The smallest absolute Gasteiger partial charge is 0.314 e. The molecule has 0 saturated carbocycles. The van der Waals surface area contributed by atoms with Gasteiger partial charge in [-0.2, -0.15) is 0 Å². The molecular formula is C14H26O4. The quantitative estimate of drug-likeness (QED) is 0.361. The van der Waals surface area contributed by atoms with Gasteiger partial charge in [-0.25, -0.2) is 0 Å². The van der Waals surface area contributed by atoms with Gasteiger partial charge in [0.05, 0.1) is 5.41 Å². The van der Waals surface area contributed by atoms with Crippen LogP contribution in [0.25, 0.3) is 0 Å². The lowest BCUT2D eigenvalue weighted by Gasteiger charge is -2.19. The van der Waals surface area contributed by atoms with Crippen LogP contribution in [0.2, 0.25) is 0 Å². The lowest BCUT2D eigenvalue weighted by atomic mass is 9.91. The van der Waals surface area contributed by atoms with Crippen LogP contribution in [0.1, 0.15) is 66.2 Å². The highest BCUT2D eigenvalue weighted by Gasteiger charge is 2.27. The van der Waals surface area contributed by atoms with Crippen molar-refractivity contribution in [3.63, 3.8) is 0 Å². The Morgan fingerprint density at radius 2 is 1.67 bits per heavy atom. The van der Waals surface area contributed by atoms with Crippen LogP contribution in [-0.2, 0) is 19.1 Å². The highest BCUT2D eigenvalue weighted by atomic mass is 16.7. The van der Waals surface area contributed by atoms with Gasteiger partial charge in [0.1, 0.15) is 0 Å². The number of hydrogen-bond donors (Lipinski definition) is 0. The van der Waals surface area contributed by atoms with Crippen molar-refractivity contribution < 1.29 is 19.1 Å². The van der Waals surface area contributed by atoms with Crippen molar-refractivity contribution in [1.82, 2.24) is 0 Å². The number of esters is 2. The fourth-order valence-corrected chi connectivity index (χ4v) is 1.26. The van der Waals surface area contributed by atoms with Crippen LogP contribution in [0.4, 0.5) is 0 Å². The number of rotatable bonds is 9. The van der Waals surface area contributed by atoms with E-state index in [0.29, 0.717) is 12.8 Å². The zero-order valence-corrected chi connectivity index (χ0v) is 12.1. The maximum Gasteiger partial charge on any atom is 0.314 e. The van der Waals surface area contributed by atoms with E-state index in [9.17, 15) is 9.59 Å². The third-order valence-corrected chi connectivity index (χ3v) is 3.08. The molecule has 106 valence electrons. The lowest BCUT2D eigenvalue weighted by Crippen LogP contribution is -2.27. The van der Waals surface area contributed by atoms with Gasteiger partial charge in [0.2, 0.25) is 6.79 Å². The van der Waals surface area contributed by atoms with Gasteiger partial charge in [-0.1, -0.05) is 33.1 Å². The molecule has 0 amide bonds. The second kappa shape index (κ2) is 8.95. The Labute approximate surface area is 110 Å². The van der Waals surface area contributed by atoms with E-state index in [0.717, 1.165) is 25.7 Å². The van der Waals surface area contributed by atoms with Crippen molar-refractivity contribution in [2.24, 2.45) is 5.41 Å². The first-order valence-corrected chi connectivity index (χ1v) is 6.77. The lowest BCUT2D eigenvalue weighted by molar-refractivity contribution is -0.173. The van der Waals surface area contributed by atoms with Gasteiger partial charge in [-0.3, -0.25) is 9.59 Å². The summed E-state index contributed by atoms with van der Waals surface area (Å²) in [4.78, 5) is 22.9. The molecule has 0 rings (SSSR count). The maximum absolute atomic E-state index is 11.6. The van der Waals surface area contributed by atoms with Crippen molar-refractivity contribution in [3.05, 3.63) is 0 Å². The van der Waals surface area contributed by atoms with Gasteiger partial charge < -0.3 is 9.47 Å². The summed E-state index contributed by atoms with van der Waals surface area (Å²) in [5.74, 6) is -0.628. The van der Waals surface area contributed by atoms with Crippen molar-refractivity contribution in [3.8, 4) is 0 Å². The van der Waals surface area contributed by atoms with Crippen LogP contribution >= 0.6 is 0 Å². The first kappa shape index (κ1) is 16.9. The minimum Gasteiger partial charge on any atom is -0.428 e. The molecule has 0 unspecified atom stereocenters. The molecular weight excluding hydrogens is 232 g/mol. The van der Waals surface area contributed by atoms with Crippen molar-refractivity contribution in [2.75, 3.05) is 6.79 Å². The normalized spacial score (nSPS) is 11.1. The Kier molecular flexibility index (Phi) is 8.42. The molecule has 0 aliphatic carbocycles. The number of unbranched alkanes of at least 4 members (excludes halogenated alkanes) is 3. The zero-order chi connectivity index (χ0) is 14.0. The largest absolute Gasteiger partial charge is 0.428 e. The molecule has 0 aromatic carbocycles. The Morgan fingerprint density at radius 1 is 1.00 bits per heavy atom. The first-order valence-electron chi connectivity index (χ1n) is 6.77. The second-order valence-corrected chi connectivity index (χ2v) is 5.11. The summed E-state index contributed by atoms with van der Waals surface area (Å²) >= 11 is 0. The van der Waals surface area contributed by atoms with Crippen molar-refractivity contribution in [2.45, 2.75) is 66.2 Å². The van der Waals surface area contributed by atoms with E-state index in [-0.39, 0.29) is 18.7 Å². The number of carbonyl (C=O) groups excluding carboxylic acids is 2. The molecule has 0 aliphatic heterocycles. The first-order chi connectivity index (χ1) is 8.44. The van der Waals surface area contributed by atoms with E-state index in [1.54, 1.807) is 0 Å². The fraction of sp³-hybridized carbons (Fsp3) is 0.857. The molecule has 0 saturated heterocycles. The third-order valence-electron chi connectivity index (χ3n) is 3.08. The Morgan fingerprint density at radius 3 is 2.22 bits per heavy atom. The van der Waals surface area contributed by atoms with Gasteiger partial charge in [-0.15, -0.1) is 0 Å². The fourth-order valence-electron chi connectivity index (χ4n) is 1.26. The second-order valence-electron chi connectivity index (χ2n) is 5.11. The van der Waals surface area contributed by atoms with Crippen LogP contribution < -0.4 is 0 Å². The van der Waals surface area contributed by atoms with Gasteiger partial charge in [-0.05, 0) is 26.7 Å². The summed E-state index contributed by atoms with van der Waals surface area (Å²) in [7, 11) is 0. The molecule has 0 fully saturated rings. The van der Waals surface area contributed by atoms with Gasteiger partial charge in [0.25, 0.3) is 0 Å². The Bertz CT molecular complexity index is 259. The molecule has 0 aromatic heterocycles. The number of hydrogen-bond acceptors (Lipinski definition) is 4. The molecule has 0 bridgehead atoms. The predicted octanol–water partition coefficient (Wildman–Crippen LogP) is 3.44. The molecule has 18 heavy (non-hydrogen) atoms. The van der Waals surface area contributed by atoms with Crippen LogP contribution in [-0.4, -0.2) is 18.7 Å². The summed E-state index contributed by atoms with van der Waals surface area (Å²) in [6.07, 6.45) is 5.23. The Balaban J connectivity index is 3.65. The van der Waals surface area contributed by atoms with Crippen LogP contribution in [0.3, 0.4) is 0 Å². The minimum atomic E-state index is -0.520. The van der Waals surface area contributed by atoms with Crippen LogP contribution in [0.5, 0.6) is 0 Å². The van der Waals surface area contributed by atoms with Gasteiger partial charge in [0, 0.05) is 6.42 Å². The molecule has 0 spiro atoms. The SMILES string of the molecule is CCCCCCC(=O)OCOC(=O)C(C)(C)CC. The minimum absolute atomic E-state index is 0.269. The summed E-state index contributed by atoms with van der Waals surface area (Å²) in [5, 5.41) is 0. The molecule has 0 radical (unpaired) electrons. The Hall–Kier alpha value is -1.06. The van der Waals surface area contributed by atoms with Crippen molar-refractivity contribution >= 4 is 11.9 Å². The summed E-state index contributed by atoms with van der Waals surface area (Å²) in [6, 6.07) is 0. The molecule has 0 aliphatic rings. The van der Waals surface area contributed by atoms with Gasteiger partial charge >= 0.3 is 11.9 Å². The predicted molar refractivity (Wildman–Crippen MR) is 69.9 cm³/mol. The van der Waals surface area contributed by atoms with E-state index < -0.39 is 5.41 Å². The standard InChI is InChI=1S/C14H26O4/c1-5-7-8-9-10-12(15)17-11-18-13(16)14(3,4)6-2/h5-11H2,1-4H3. The summed E-state index contributed by atoms with van der Waals surface area (Å²) in [6.45, 7) is 7.38. The van der Waals surface area contributed by atoms with Crippen LogP contribution in [0, 0.1) is 5.41 Å². The number of carbonyl (C=O) groups is 2. The molecule has 0 atom stereocenters. The van der Waals surface area contributed by atoms with E-state index in [4.69, 9.17) is 9.47 Å². The molecule has 0 heterocycles. The maximum atomic E-state index is 11.6. The monoisotopic (exact) mass is 258 g/mol. The zero-order valence-electron chi connectivity index (χ0n) is 12.1. The highest BCUT2D eigenvalue weighted by molar-refractivity contribution is 5.76. The van der Waals surface area contributed by atoms with E-state index in [1.165, 1.54) is 0 Å². The average molecular weight is 258 g/mol. The van der Waals surface area contributed by atoms with Gasteiger partial charge in [0.15, 0.2) is 0 Å². The highest BCUT2D eigenvalue weighted by Crippen LogP contribution is 2.21. The topological polar surface area (TPSA) is 52.6 Å². The van der Waals surface area contributed by atoms with Crippen LogP contribution in [0.15, 0.2) is 0 Å². The summed E-state index contributed by atoms with van der Waals surface area (Å²) in [5.41, 5.74) is -0.520. The third kappa shape index (κ3) is 7.30. The van der Waals surface area contributed by atoms with Crippen molar-refractivity contribution in [1.29, 1.82) is 0 Å². The molecule has 0 N–H and O–H groups in total. The number of ether oxygens (including phenoxy) is 2. The average Bonchev–Trinajstić information content (AvgIpc) is 2.34.